The minimum absolute atomic E-state index is 0.0878. The van der Waals surface area contributed by atoms with Crippen LogP contribution in [0.25, 0.3) is 0 Å². The standard InChI is InChI=1S/C16H17FN2O2/c1-2-14(12-7-4-3-5-8-12)18-11-13-9-6-10-15(16(13)17)19(20)21/h3-10,14,18H,2,11H2,1H3. The first-order chi connectivity index (χ1) is 10.1. The van der Waals surface area contributed by atoms with Crippen LogP contribution >= 0.6 is 0 Å². The van der Waals surface area contributed by atoms with E-state index in [9.17, 15) is 14.5 Å². The van der Waals surface area contributed by atoms with Gasteiger partial charge in [0, 0.05) is 24.2 Å². The Morgan fingerprint density at radius 1 is 1.19 bits per heavy atom. The molecule has 1 atom stereocenters. The summed E-state index contributed by atoms with van der Waals surface area (Å²) in [6.07, 6.45) is 0.848. The molecule has 0 aliphatic rings. The number of benzene rings is 2. The van der Waals surface area contributed by atoms with Gasteiger partial charge in [0.15, 0.2) is 0 Å². The summed E-state index contributed by atoms with van der Waals surface area (Å²) < 4.78 is 14.0. The van der Waals surface area contributed by atoms with Gasteiger partial charge in [-0.3, -0.25) is 10.1 Å². The van der Waals surface area contributed by atoms with E-state index in [1.165, 1.54) is 12.1 Å². The summed E-state index contributed by atoms with van der Waals surface area (Å²) in [6.45, 7) is 2.29. The van der Waals surface area contributed by atoms with Gasteiger partial charge >= 0.3 is 5.69 Å². The lowest BCUT2D eigenvalue weighted by Gasteiger charge is -2.17. The molecule has 0 spiro atoms. The van der Waals surface area contributed by atoms with Crippen molar-refractivity contribution in [3.63, 3.8) is 0 Å². The Labute approximate surface area is 122 Å². The van der Waals surface area contributed by atoms with E-state index < -0.39 is 16.4 Å². The third kappa shape index (κ3) is 3.64. The minimum Gasteiger partial charge on any atom is -0.306 e. The lowest BCUT2D eigenvalue weighted by Crippen LogP contribution is -2.21. The van der Waals surface area contributed by atoms with E-state index in [1.54, 1.807) is 6.07 Å². The van der Waals surface area contributed by atoms with Crippen molar-refractivity contribution in [1.82, 2.24) is 5.32 Å². The Balaban J connectivity index is 2.12. The molecule has 0 heterocycles. The zero-order valence-electron chi connectivity index (χ0n) is 11.8. The number of nitro benzene ring substituents is 1. The van der Waals surface area contributed by atoms with Gasteiger partial charge in [-0.05, 0) is 12.0 Å². The summed E-state index contributed by atoms with van der Waals surface area (Å²) in [4.78, 5) is 10.0. The molecule has 0 saturated heterocycles. The lowest BCUT2D eigenvalue weighted by molar-refractivity contribution is -0.387. The SMILES string of the molecule is CCC(NCc1cccc([N+](=O)[O-])c1F)c1ccccc1. The highest BCUT2D eigenvalue weighted by Gasteiger charge is 2.17. The van der Waals surface area contributed by atoms with Crippen LogP contribution < -0.4 is 5.32 Å². The van der Waals surface area contributed by atoms with E-state index in [0.717, 1.165) is 12.0 Å². The van der Waals surface area contributed by atoms with Crippen LogP contribution in [0.2, 0.25) is 0 Å². The highest BCUT2D eigenvalue weighted by Crippen LogP contribution is 2.22. The number of nitro groups is 1. The number of halogens is 1. The quantitative estimate of drug-likeness (QED) is 0.646. The monoisotopic (exact) mass is 288 g/mol. The summed E-state index contributed by atoms with van der Waals surface area (Å²) >= 11 is 0. The van der Waals surface area contributed by atoms with Gasteiger partial charge in [-0.25, -0.2) is 0 Å². The molecule has 21 heavy (non-hydrogen) atoms. The van der Waals surface area contributed by atoms with Crippen LogP contribution in [0.3, 0.4) is 0 Å². The largest absolute Gasteiger partial charge is 0.306 e. The first-order valence-electron chi connectivity index (χ1n) is 6.83. The molecule has 0 fully saturated rings. The number of rotatable bonds is 6. The zero-order chi connectivity index (χ0) is 15.2. The Morgan fingerprint density at radius 2 is 1.90 bits per heavy atom. The van der Waals surface area contributed by atoms with Crippen LogP contribution in [-0.4, -0.2) is 4.92 Å². The lowest BCUT2D eigenvalue weighted by atomic mass is 10.0. The fourth-order valence-corrected chi connectivity index (χ4v) is 2.26. The van der Waals surface area contributed by atoms with Crippen LogP contribution in [-0.2, 0) is 6.54 Å². The van der Waals surface area contributed by atoms with Gasteiger partial charge in [0.1, 0.15) is 0 Å². The zero-order valence-corrected chi connectivity index (χ0v) is 11.8. The van der Waals surface area contributed by atoms with Crippen molar-refractivity contribution in [1.29, 1.82) is 0 Å². The Hall–Kier alpha value is -2.27. The van der Waals surface area contributed by atoms with Crippen LogP contribution in [0.5, 0.6) is 0 Å². The summed E-state index contributed by atoms with van der Waals surface area (Å²) in [5.41, 5.74) is 0.937. The molecule has 0 radical (unpaired) electrons. The maximum atomic E-state index is 14.0. The van der Waals surface area contributed by atoms with Crippen LogP contribution in [0.4, 0.5) is 10.1 Å². The molecule has 4 nitrogen and oxygen atoms in total. The number of nitrogens with zero attached hydrogens (tertiary/aromatic N) is 1. The number of hydrogen-bond acceptors (Lipinski definition) is 3. The van der Waals surface area contributed by atoms with Crippen molar-refractivity contribution < 1.29 is 9.31 Å². The molecule has 2 aromatic rings. The number of hydrogen-bond donors (Lipinski definition) is 1. The molecule has 1 N–H and O–H groups in total. The van der Waals surface area contributed by atoms with Crippen LogP contribution in [0.1, 0.15) is 30.5 Å². The molecule has 2 aromatic carbocycles. The normalized spacial score (nSPS) is 12.1. The molecule has 0 aliphatic carbocycles. The molecule has 5 heteroatoms. The fraction of sp³-hybridized carbons (Fsp3) is 0.250. The maximum absolute atomic E-state index is 14.0. The van der Waals surface area contributed by atoms with Crippen molar-refractivity contribution in [2.24, 2.45) is 0 Å². The summed E-state index contributed by atoms with van der Waals surface area (Å²) in [7, 11) is 0. The van der Waals surface area contributed by atoms with Crippen LogP contribution in [0, 0.1) is 15.9 Å². The van der Waals surface area contributed by atoms with E-state index >= 15 is 0 Å². The predicted octanol–water partition coefficient (Wildman–Crippen LogP) is 3.97. The molecular weight excluding hydrogens is 271 g/mol. The topological polar surface area (TPSA) is 55.2 Å². The van der Waals surface area contributed by atoms with E-state index in [4.69, 9.17) is 0 Å². The molecule has 110 valence electrons. The average molecular weight is 288 g/mol. The molecule has 0 bridgehead atoms. The predicted molar refractivity (Wildman–Crippen MR) is 79.4 cm³/mol. The van der Waals surface area contributed by atoms with Gasteiger partial charge in [-0.15, -0.1) is 0 Å². The molecule has 1 unspecified atom stereocenters. The second kappa shape index (κ2) is 6.95. The highest BCUT2D eigenvalue weighted by atomic mass is 19.1. The van der Waals surface area contributed by atoms with Gasteiger partial charge < -0.3 is 5.32 Å². The second-order valence-electron chi connectivity index (χ2n) is 4.76. The van der Waals surface area contributed by atoms with Crippen molar-refractivity contribution in [3.8, 4) is 0 Å². The molecule has 0 saturated carbocycles. The molecular formula is C16H17FN2O2. The molecule has 2 rings (SSSR count). The second-order valence-corrected chi connectivity index (χ2v) is 4.76. The third-order valence-electron chi connectivity index (χ3n) is 3.40. The Morgan fingerprint density at radius 3 is 2.52 bits per heavy atom. The smallest absolute Gasteiger partial charge is 0.305 e. The van der Waals surface area contributed by atoms with E-state index in [0.29, 0.717) is 5.56 Å². The van der Waals surface area contributed by atoms with Crippen molar-refractivity contribution in [3.05, 3.63) is 75.6 Å². The van der Waals surface area contributed by atoms with Gasteiger partial charge in [0.05, 0.1) is 4.92 Å². The van der Waals surface area contributed by atoms with Crippen LogP contribution in [0.15, 0.2) is 48.5 Å². The van der Waals surface area contributed by atoms with E-state index in [2.05, 4.69) is 5.32 Å². The highest BCUT2D eigenvalue weighted by molar-refractivity contribution is 5.36. The summed E-state index contributed by atoms with van der Waals surface area (Å²) in [5, 5.41) is 14.0. The molecule has 0 amide bonds. The Bertz CT molecular complexity index is 617. The van der Waals surface area contributed by atoms with Gasteiger partial charge in [0.2, 0.25) is 5.82 Å². The first kappa shape index (κ1) is 15.1. The van der Waals surface area contributed by atoms with Crippen molar-refractivity contribution >= 4 is 5.69 Å². The van der Waals surface area contributed by atoms with Gasteiger partial charge in [-0.1, -0.05) is 49.4 Å². The van der Waals surface area contributed by atoms with Gasteiger partial charge in [0.25, 0.3) is 0 Å². The molecule has 0 aliphatic heterocycles. The third-order valence-corrected chi connectivity index (χ3v) is 3.40. The number of nitrogens with one attached hydrogen (secondary N) is 1. The van der Waals surface area contributed by atoms with Crippen molar-refractivity contribution in [2.45, 2.75) is 25.9 Å². The first-order valence-corrected chi connectivity index (χ1v) is 6.83. The minimum atomic E-state index is -0.766. The fourth-order valence-electron chi connectivity index (χ4n) is 2.26. The van der Waals surface area contributed by atoms with Crippen molar-refractivity contribution in [2.75, 3.05) is 0 Å². The average Bonchev–Trinajstić information content (AvgIpc) is 2.50. The van der Waals surface area contributed by atoms with Gasteiger partial charge in [-0.2, -0.15) is 4.39 Å². The Kier molecular flexibility index (Phi) is 5.00. The maximum Gasteiger partial charge on any atom is 0.305 e. The molecule has 0 aromatic heterocycles. The summed E-state index contributed by atoms with van der Waals surface area (Å²) in [6, 6.07) is 14.2. The van der Waals surface area contributed by atoms with E-state index in [-0.39, 0.29) is 12.6 Å². The van der Waals surface area contributed by atoms with E-state index in [1.807, 2.05) is 37.3 Å². The summed E-state index contributed by atoms with van der Waals surface area (Å²) in [5.74, 6) is -0.766.